The molecule has 3 heterocycles. The van der Waals surface area contributed by atoms with Gasteiger partial charge in [0.15, 0.2) is 11.5 Å². The highest BCUT2D eigenvalue weighted by molar-refractivity contribution is 5.94. The molecule has 31 heavy (non-hydrogen) atoms. The lowest BCUT2D eigenvalue weighted by Crippen LogP contribution is -2.36. The van der Waals surface area contributed by atoms with Gasteiger partial charge in [0, 0.05) is 24.6 Å². The molecule has 8 heteroatoms. The average Bonchev–Trinajstić information content (AvgIpc) is 3.54. The summed E-state index contributed by atoms with van der Waals surface area (Å²) in [5.74, 6) is 1.29. The number of rotatable bonds is 6. The van der Waals surface area contributed by atoms with Crippen molar-refractivity contribution in [2.24, 2.45) is 5.16 Å². The lowest BCUT2D eigenvalue weighted by atomic mass is 10.0. The van der Waals surface area contributed by atoms with Gasteiger partial charge in [-0.25, -0.2) is 4.68 Å². The van der Waals surface area contributed by atoms with Gasteiger partial charge in [0.2, 0.25) is 12.9 Å². The quantitative estimate of drug-likeness (QED) is 0.665. The van der Waals surface area contributed by atoms with Gasteiger partial charge in [-0.1, -0.05) is 29.4 Å². The molecule has 8 nitrogen and oxygen atoms in total. The van der Waals surface area contributed by atoms with Crippen molar-refractivity contribution in [3.63, 3.8) is 0 Å². The summed E-state index contributed by atoms with van der Waals surface area (Å²) in [6, 6.07) is 15.4. The molecule has 2 atom stereocenters. The molecular weight excluding hydrogens is 396 g/mol. The lowest BCUT2D eigenvalue weighted by Gasteiger charge is -2.14. The predicted molar refractivity (Wildman–Crippen MR) is 113 cm³/mol. The molecule has 0 saturated heterocycles. The Morgan fingerprint density at radius 2 is 2.03 bits per heavy atom. The van der Waals surface area contributed by atoms with Crippen LogP contribution in [0.1, 0.15) is 30.5 Å². The SMILES string of the molecule is C[C@@H](NC(=O)[C@@H]1CC(Cc2ccc3c(c2)OCO3)=NO1)c1cnn(-c2ccccc2)c1. The van der Waals surface area contributed by atoms with E-state index >= 15 is 0 Å². The van der Waals surface area contributed by atoms with Crippen molar-refractivity contribution in [2.75, 3.05) is 6.79 Å². The number of para-hydroxylation sites is 1. The smallest absolute Gasteiger partial charge is 0.264 e. The Kier molecular flexibility index (Phi) is 5.03. The van der Waals surface area contributed by atoms with E-state index in [1.54, 1.807) is 10.9 Å². The summed E-state index contributed by atoms with van der Waals surface area (Å²) < 4.78 is 12.5. The molecule has 0 radical (unpaired) electrons. The molecule has 3 aromatic rings. The summed E-state index contributed by atoms with van der Waals surface area (Å²) in [5.41, 5.74) is 3.74. The van der Waals surface area contributed by atoms with Crippen molar-refractivity contribution < 1.29 is 19.1 Å². The fourth-order valence-electron chi connectivity index (χ4n) is 3.63. The van der Waals surface area contributed by atoms with Crippen molar-refractivity contribution in [3.05, 3.63) is 72.1 Å². The van der Waals surface area contributed by atoms with E-state index in [1.807, 2.05) is 61.7 Å². The zero-order chi connectivity index (χ0) is 21.2. The summed E-state index contributed by atoms with van der Waals surface area (Å²) >= 11 is 0. The third-order valence-electron chi connectivity index (χ3n) is 5.35. The maximum Gasteiger partial charge on any atom is 0.264 e. The number of aromatic nitrogens is 2. The maximum absolute atomic E-state index is 12.7. The number of oxime groups is 1. The zero-order valence-electron chi connectivity index (χ0n) is 17.0. The van der Waals surface area contributed by atoms with E-state index < -0.39 is 6.10 Å². The molecule has 0 saturated carbocycles. The molecular formula is C23H22N4O4. The third-order valence-corrected chi connectivity index (χ3v) is 5.35. The molecule has 0 unspecified atom stereocenters. The van der Waals surface area contributed by atoms with Crippen LogP contribution >= 0.6 is 0 Å². The van der Waals surface area contributed by atoms with Gasteiger partial charge in [-0.3, -0.25) is 4.79 Å². The van der Waals surface area contributed by atoms with Crippen LogP contribution in [0.2, 0.25) is 0 Å². The molecule has 2 aliphatic rings. The number of ether oxygens (including phenoxy) is 2. The largest absolute Gasteiger partial charge is 0.454 e. The average molecular weight is 418 g/mol. The molecule has 0 fully saturated rings. The van der Waals surface area contributed by atoms with E-state index in [2.05, 4.69) is 15.6 Å². The van der Waals surface area contributed by atoms with E-state index in [1.165, 1.54) is 0 Å². The number of carbonyl (C=O) groups excluding carboxylic acids is 1. The summed E-state index contributed by atoms with van der Waals surface area (Å²) in [4.78, 5) is 18.1. The van der Waals surface area contributed by atoms with Crippen LogP contribution in [0.5, 0.6) is 11.5 Å². The van der Waals surface area contributed by atoms with Crippen LogP contribution in [-0.4, -0.2) is 34.3 Å². The fourth-order valence-corrected chi connectivity index (χ4v) is 3.63. The minimum atomic E-state index is -0.629. The highest BCUT2D eigenvalue weighted by Crippen LogP contribution is 2.33. The number of nitrogens with zero attached hydrogens (tertiary/aromatic N) is 3. The highest BCUT2D eigenvalue weighted by atomic mass is 16.7. The number of hydrogen-bond acceptors (Lipinski definition) is 6. The first-order chi connectivity index (χ1) is 15.2. The second-order valence-corrected chi connectivity index (χ2v) is 7.60. The van der Waals surface area contributed by atoms with Crippen LogP contribution in [-0.2, 0) is 16.1 Å². The first-order valence-corrected chi connectivity index (χ1v) is 10.2. The molecule has 2 aromatic carbocycles. The van der Waals surface area contributed by atoms with Crippen molar-refractivity contribution in [2.45, 2.75) is 31.9 Å². The molecule has 158 valence electrons. The Balaban J connectivity index is 1.16. The van der Waals surface area contributed by atoms with Crippen LogP contribution in [0.3, 0.4) is 0 Å². The van der Waals surface area contributed by atoms with Gasteiger partial charge < -0.3 is 19.6 Å². The Labute approximate surface area is 179 Å². The van der Waals surface area contributed by atoms with Crippen molar-refractivity contribution in [3.8, 4) is 17.2 Å². The van der Waals surface area contributed by atoms with E-state index in [0.29, 0.717) is 12.8 Å². The van der Waals surface area contributed by atoms with Crippen LogP contribution in [0.25, 0.3) is 5.69 Å². The topological polar surface area (TPSA) is 87.0 Å². The number of amides is 1. The molecule has 0 bridgehead atoms. The van der Waals surface area contributed by atoms with Gasteiger partial charge in [0.05, 0.1) is 23.6 Å². The second-order valence-electron chi connectivity index (χ2n) is 7.60. The maximum atomic E-state index is 12.7. The third kappa shape index (κ3) is 4.09. The Morgan fingerprint density at radius 3 is 2.90 bits per heavy atom. The molecule has 5 rings (SSSR count). The predicted octanol–water partition coefficient (Wildman–Crippen LogP) is 3.17. The lowest BCUT2D eigenvalue weighted by molar-refractivity contribution is -0.131. The number of nitrogens with one attached hydrogen (secondary N) is 1. The standard InChI is InChI=1S/C23H22N4O4/c1-15(17-12-24-27(13-17)19-5-3-2-4-6-19)25-23(28)22-11-18(26-31-22)9-16-7-8-20-21(10-16)30-14-29-20/h2-8,10,12-13,15,22H,9,11,14H2,1H3,(H,25,28)/t15-,22+/m1/s1. The molecule has 1 aromatic heterocycles. The normalized spacial score (nSPS) is 17.7. The fraction of sp³-hybridized carbons (Fsp3) is 0.261. The minimum absolute atomic E-state index is 0.190. The summed E-state index contributed by atoms with van der Waals surface area (Å²) in [5, 5.41) is 11.5. The molecule has 2 aliphatic heterocycles. The van der Waals surface area contributed by atoms with E-state index in [-0.39, 0.29) is 18.7 Å². The molecule has 0 aliphatic carbocycles. The van der Waals surface area contributed by atoms with Crippen LogP contribution < -0.4 is 14.8 Å². The van der Waals surface area contributed by atoms with Gasteiger partial charge in [0.1, 0.15) is 0 Å². The van der Waals surface area contributed by atoms with Crippen LogP contribution in [0.4, 0.5) is 0 Å². The van der Waals surface area contributed by atoms with Crippen molar-refractivity contribution >= 4 is 11.6 Å². The van der Waals surface area contributed by atoms with Gasteiger partial charge in [-0.2, -0.15) is 5.10 Å². The summed E-state index contributed by atoms with van der Waals surface area (Å²) in [6.45, 7) is 2.17. The molecule has 1 N–H and O–H groups in total. The number of benzene rings is 2. The Bertz CT molecular complexity index is 1130. The molecule has 0 spiro atoms. The summed E-state index contributed by atoms with van der Waals surface area (Å²) in [7, 11) is 0. The van der Waals surface area contributed by atoms with E-state index in [0.717, 1.165) is 34.0 Å². The van der Waals surface area contributed by atoms with Crippen molar-refractivity contribution in [1.29, 1.82) is 0 Å². The van der Waals surface area contributed by atoms with Gasteiger partial charge in [0.25, 0.3) is 5.91 Å². The molecule has 1 amide bonds. The Hall–Kier alpha value is -3.81. The van der Waals surface area contributed by atoms with Crippen LogP contribution in [0.15, 0.2) is 66.1 Å². The number of hydrogen-bond donors (Lipinski definition) is 1. The summed E-state index contributed by atoms with van der Waals surface area (Å²) in [6.07, 6.45) is 4.10. The van der Waals surface area contributed by atoms with Gasteiger partial charge >= 0.3 is 0 Å². The second kappa shape index (κ2) is 8.14. The monoisotopic (exact) mass is 418 g/mol. The first kappa shape index (κ1) is 19.2. The van der Waals surface area contributed by atoms with Crippen molar-refractivity contribution in [1.82, 2.24) is 15.1 Å². The van der Waals surface area contributed by atoms with Gasteiger partial charge in [-0.05, 0) is 36.8 Å². The minimum Gasteiger partial charge on any atom is -0.454 e. The number of carbonyl (C=O) groups is 1. The van der Waals surface area contributed by atoms with E-state index in [4.69, 9.17) is 14.3 Å². The zero-order valence-corrected chi connectivity index (χ0v) is 17.0. The first-order valence-electron chi connectivity index (χ1n) is 10.2. The highest BCUT2D eigenvalue weighted by Gasteiger charge is 2.29. The number of fused-ring (bicyclic) bond motifs is 1. The van der Waals surface area contributed by atoms with Crippen LogP contribution in [0, 0.1) is 0 Å². The van der Waals surface area contributed by atoms with Gasteiger partial charge in [-0.15, -0.1) is 0 Å². The Morgan fingerprint density at radius 1 is 1.19 bits per heavy atom. The van der Waals surface area contributed by atoms with E-state index in [9.17, 15) is 4.79 Å².